The Morgan fingerprint density at radius 1 is 0.841 bits per heavy atom. The highest BCUT2D eigenvalue weighted by Crippen LogP contribution is 2.43. The van der Waals surface area contributed by atoms with Gasteiger partial charge in [-0.2, -0.15) is 13.2 Å². The lowest BCUT2D eigenvalue weighted by molar-refractivity contribution is -0.133. The van der Waals surface area contributed by atoms with Crippen molar-refractivity contribution in [2.24, 2.45) is 5.41 Å². The molecule has 0 saturated carbocycles. The molecule has 0 radical (unpaired) electrons. The molecular formula is C58H66ClF4N9O7S3. The molecule has 3 amide bonds. The van der Waals surface area contributed by atoms with Crippen LogP contribution in [0.1, 0.15) is 73.9 Å². The fourth-order valence-electron chi connectivity index (χ4n) is 10.8. The molecule has 3 saturated heterocycles. The number of benzene rings is 4. The summed E-state index contributed by atoms with van der Waals surface area (Å²) in [4.78, 5) is 49.0. The predicted octanol–water partition coefficient (Wildman–Crippen LogP) is 9.07. The van der Waals surface area contributed by atoms with Crippen LogP contribution in [0.15, 0.2) is 130 Å². The summed E-state index contributed by atoms with van der Waals surface area (Å²) in [6.45, 7) is 11.7. The van der Waals surface area contributed by atoms with E-state index in [2.05, 4.69) is 66.5 Å². The van der Waals surface area contributed by atoms with E-state index >= 15 is 4.39 Å². The summed E-state index contributed by atoms with van der Waals surface area (Å²) in [5.74, 6) is -2.44. The number of rotatable bonds is 20. The van der Waals surface area contributed by atoms with Gasteiger partial charge in [-0.1, -0.05) is 61.4 Å². The van der Waals surface area contributed by atoms with Crippen molar-refractivity contribution in [3.63, 3.8) is 0 Å². The lowest BCUT2D eigenvalue weighted by Crippen LogP contribution is -2.47. The van der Waals surface area contributed by atoms with Crippen molar-refractivity contribution in [1.29, 1.82) is 0 Å². The smallest absolute Gasteiger partial charge is 0.380 e. The topological polar surface area (TPSA) is 193 Å². The molecule has 2 atom stereocenters. The lowest BCUT2D eigenvalue weighted by Gasteiger charge is -2.39. The number of allylic oxidation sites excluding steroid dienone is 1. The van der Waals surface area contributed by atoms with Crippen LogP contribution < -0.4 is 25.6 Å². The number of sulfonamides is 1. The minimum Gasteiger partial charge on any atom is -0.380 e. The van der Waals surface area contributed by atoms with E-state index in [-0.39, 0.29) is 41.3 Å². The van der Waals surface area contributed by atoms with Crippen LogP contribution in [0.3, 0.4) is 0 Å². The van der Waals surface area contributed by atoms with Crippen LogP contribution in [-0.4, -0.2) is 143 Å². The SMILES string of the molecule is CC1(C)CCC(c2ccc(Cl)cc2)=C(CN2CCN(c3ccc(C(=O)NS(=O)(=O)c4ccc(N[C@H](CCN5CCN(Cc6cnc(NC7CCC(=O)NC7=O)c(F)c6)CC5)CSc5ccccc5)c(S(=O)(=O)C(F)(F)F)c4)cc3)CC2)C1. The number of carbonyl (C=O) groups excluding carboxylic acids is 3. The Hall–Kier alpha value is -6.08. The second-order valence-electron chi connectivity index (χ2n) is 22.0. The van der Waals surface area contributed by atoms with Gasteiger partial charge in [0.05, 0.1) is 10.6 Å². The van der Waals surface area contributed by atoms with E-state index in [0.717, 1.165) is 61.6 Å². The molecule has 0 bridgehead atoms. The number of halogens is 5. The van der Waals surface area contributed by atoms with Crippen LogP contribution in [0.4, 0.5) is 34.8 Å². The maximum absolute atomic E-state index is 15.1. The Morgan fingerprint density at radius 3 is 2.18 bits per heavy atom. The molecule has 1 aliphatic carbocycles. The molecule has 3 aliphatic heterocycles. The molecule has 4 aliphatic rings. The summed E-state index contributed by atoms with van der Waals surface area (Å²) >= 11 is 7.61. The highest BCUT2D eigenvalue weighted by molar-refractivity contribution is 7.99. The van der Waals surface area contributed by atoms with Crippen LogP contribution in [0.5, 0.6) is 0 Å². The first kappa shape index (κ1) is 60.5. The van der Waals surface area contributed by atoms with Crippen LogP contribution in [0.25, 0.3) is 5.57 Å². The van der Waals surface area contributed by atoms with Crippen molar-refractivity contribution in [3.8, 4) is 0 Å². The Balaban J connectivity index is 0.823. The van der Waals surface area contributed by atoms with E-state index in [4.69, 9.17) is 11.6 Å². The third-order valence-corrected chi connectivity index (χ3v) is 19.7. The molecule has 1 aromatic heterocycles. The number of imide groups is 1. The zero-order chi connectivity index (χ0) is 58.4. The maximum atomic E-state index is 15.1. The number of piperazine rings is 2. The normalized spacial score (nSPS) is 19.2. The summed E-state index contributed by atoms with van der Waals surface area (Å²) in [6.07, 6.45) is 5.31. The largest absolute Gasteiger partial charge is 0.501 e. The van der Waals surface area contributed by atoms with Crippen LogP contribution in [0, 0.1) is 11.2 Å². The zero-order valence-electron chi connectivity index (χ0n) is 45.5. The molecule has 82 heavy (non-hydrogen) atoms. The predicted molar refractivity (Wildman–Crippen MR) is 310 cm³/mol. The van der Waals surface area contributed by atoms with E-state index < -0.39 is 70.6 Å². The highest BCUT2D eigenvalue weighted by atomic mass is 35.5. The summed E-state index contributed by atoms with van der Waals surface area (Å²) in [5, 5.41) is 8.71. The monoisotopic (exact) mass is 1210 g/mol. The molecule has 3 fully saturated rings. The van der Waals surface area contributed by atoms with Gasteiger partial charge in [0.2, 0.25) is 11.8 Å². The number of alkyl halides is 3. The molecular weight excluding hydrogens is 1140 g/mol. The molecule has 16 nitrogen and oxygen atoms in total. The number of aromatic nitrogens is 1. The third kappa shape index (κ3) is 15.4. The molecule has 24 heteroatoms. The van der Waals surface area contributed by atoms with Crippen LogP contribution in [-0.2, 0) is 36.0 Å². The average molecular weight is 1210 g/mol. The lowest BCUT2D eigenvalue weighted by atomic mass is 9.73. The third-order valence-electron chi connectivity index (χ3n) is 15.4. The standard InChI is InChI=1S/C58H66ClF4N9O7S3/c1-57(2)22-20-48(40-8-12-43(59)13-9-40)42(34-57)37-71-28-30-72(31-29-71)45-14-10-41(11-15-45)55(74)68-82(78,79)47-16-17-50(52(33-47)81(76,77)58(61,62)63)65-44(38-80-46-6-4-3-5-7-46)21-23-69-24-26-70(27-25-69)36-39-32-49(60)54(64-35-39)66-51-18-19-53(73)67-56(51)75/h3-17,32-33,35,44,51,65H,18-31,34,36-38H2,1-2H3,(H,64,66)(H,68,74)(H,67,73,75)/t44-,51?/m1/s1. The molecule has 438 valence electrons. The first-order chi connectivity index (χ1) is 39.0. The minimum absolute atomic E-state index is 0.0327. The number of hydrogen-bond acceptors (Lipinski definition) is 15. The number of amides is 3. The molecule has 1 unspecified atom stereocenters. The number of thioether (sulfide) groups is 1. The first-order valence-electron chi connectivity index (χ1n) is 27.2. The van der Waals surface area contributed by atoms with Crippen molar-refractivity contribution in [2.75, 3.05) is 86.7 Å². The van der Waals surface area contributed by atoms with Gasteiger partial charge < -0.3 is 20.4 Å². The number of pyridine rings is 1. The Kier molecular flexibility index (Phi) is 19.1. The molecule has 9 rings (SSSR count). The van der Waals surface area contributed by atoms with E-state index in [0.29, 0.717) is 75.4 Å². The van der Waals surface area contributed by atoms with Crippen molar-refractivity contribution in [2.45, 2.75) is 91.2 Å². The maximum Gasteiger partial charge on any atom is 0.501 e. The van der Waals surface area contributed by atoms with Gasteiger partial charge in [-0.25, -0.2) is 30.9 Å². The second kappa shape index (κ2) is 25.8. The van der Waals surface area contributed by atoms with E-state index in [1.165, 1.54) is 52.9 Å². The van der Waals surface area contributed by atoms with E-state index in [9.17, 15) is 44.4 Å². The van der Waals surface area contributed by atoms with Gasteiger partial charge in [-0.3, -0.25) is 29.5 Å². The van der Waals surface area contributed by atoms with Crippen molar-refractivity contribution in [3.05, 3.63) is 142 Å². The Labute approximate surface area is 485 Å². The van der Waals surface area contributed by atoms with Gasteiger partial charge in [0.25, 0.3) is 25.8 Å². The van der Waals surface area contributed by atoms with Gasteiger partial charge in [-0.05, 0) is 127 Å². The van der Waals surface area contributed by atoms with Crippen molar-refractivity contribution < 1.29 is 48.8 Å². The number of nitrogens with one attached hydrogen (secondary N) is 4. The van der Waals surface area contributed by atoms with Gasteiger partial charge in [0.1, 0.15) is 10.9 Å². The average Bonchev–Trinajstić information content (AvgIpc) is 3.26. The second-order valence-corrected chi connectivity index (χ2v) is 27.1. The minimum atomic E-state index is -6.15. The quantitative estimate of drug-likeness (QED) is 0.0327. The fraction of sp³-hybridized carbons (Fsp3) is 0.414. The van der Waals surface area contributed by atoms with Crippen molar-refractivity contribution in [1.82, 2.24) is 29.7 Å². The highest BCUT2D eigenvalue weighted by Gasteiger charge is 2.48. The number of anilines is 3. The van der Waals surface area contributed by atoms with Crippen molar-refractivity contribution >= 4 is 83.7 Å². The summed E-state index contributed by atoms with van der Waals surface area (Å²) in [6, 6.07) is 25.9. The van der Waals surface area contributed by atoms with Crippen LogP contribution >= 0.6 is 23.4 Å². The summed E-state index contributed by atoms with van der Waals surface area (Å²) in [7, 11) is -11.1. The molecule has 4 N–H and O–H groups in total. The number of hydrogen-bond donors (Lipinski definition) is 4. The molecule has 4 heterocycles. The number of carbonyl (C=O) groups is 3. The van der Waals surface area contributed by atoms with Gasteiger partial charge >= 0.3 is 5.51 Å². The molecule has 5 aromatic rings. The zero-order valence-corrected chi connectivity index (χ0v) is 48.7. The Bertz CT molecular complexity index is 3380. The van der Waals surface area contributed by atoms with E-state index in [1.807, 2.05) is 47.2 Å². The molecule has 4 aromatic carbocycles. The van der Waals surface area contributed by atoms with Crippen LogP contribution in [0.2, 0.25) is 5.02 Å². The summed E-state index contributed by atoms with van der Waals surface area (Å²) < 4.78 is 115. The number of sulfone groups is 1. The van der Waals surface area contributed by atoms with Gasteiger partial charge in [-0.15, -0.1) is 11.8 Å². The van der Waals surface area contributed by atoms with E-state index in [1.54, 1.807) is 12.1 Å². The first-order valence-corrected chi connectivity index (χ1v) is 31.5. The summed E-state index contributed by atoms with van der Waals surface area (Å²) in [5.41, 5.74) is -0.656. The Morgan fingerprint density at radius 2 is 1.51 bits per heavy atom. The number of nitrogens with zero attached hydrogens (tertiary/aromatic N) is 5. The van der Waals surface area contributed by atoms with Gasteiger partial charge in [0, 0.05) is 118 Å². The van der Waals surface area contributed by atoms with Gasteiger partial charge in [0.15, 0.2) is 11.6 Å². The molecule has 0 spiro atoms. The fourth-order valence-corrected chi connectivity index (χ4v) is 13.9. The number of piperidine rings is 1.